The summed E-state index contributed by atoms with van der Waals surface area (Å²) < 4.78 is 5.40. The van der Waals surface area contributed by atoms with Crippen LogP contribution in [-0.4, -0.2) is 18.2 Å². The normalized spacial score (nSPS) is 10.7. The van der Waals surface area contributed by atoms with Crippen molar-refractivity contribution in [2.75, 3.05) is 7.11 Å². The standard InChI is InChI=1S/C18H20O3/c1-11(2)16-10-13(6-8-17(16)21-4)15-7-5-14(18(19)20)9-12(15)3/h5-11H,1-4H3,(H,19,20). The van der Waals surface area contributed by atoms with Crippen molar-refractivity contribution < 1.29 is 14.6 Å². The summed E-state index contributed by atoms with van der Waals surface area (Å²) in [5.74, 6) is 0.342. The lowest BCUT2D eigenvalue weighted by molar-refractivity contribution is 0.0697. The van der Waals surface area contributed by atoms with Crippen molar-refractivity contribution >= 4 is 5.97 Å². The molecule has 3 nitrogen and oxygen atoms in total. The number of aryl methyl sites for hydroxylation is 1. The van der Waals surface area contributed by atoms with Gasteiger partial charge >= 0.3 is 5.97 Å². The Bertz CT molecular complexity index is 672. The second-order valence-electron chi connectivity index (χ2n) is 5.45. The first-order chi connectivity index (χ1) is 9.93. The van der Waals surface area contributed by atoms with E-state index in [2.05, 4.69) is 19.9 Å². The predicted octanol–water partition coefficient (Wildman–Crippen LogP) is 4.49. The summed E-state index contributed by atoms with van der Waals surface area (Å²) in [7, 11) is 1.67. The molecule has 2 rings (SSSR count). The lowest BCUT2D eigenvalue weighted by Crippen LogP contribution is -1.98. The van der Waals surface area contributed by atoms with E-state index in [0.29, 0.717) is 11.5 Å². The van der Waals surface area contributed by atoms with Crippen molar-refractivity contribution in [3.63, 3.8) is 0 Å². The van der Waals surface area contributed by atoms with E-state index in [-0.39, 0.29) is 0 Å². The third kappa shape index (κ3) is 3.07. The molecule has 21 heavy (non-hydrogen) atoms. The third-order valence-electron chi connectivity index (χ3n) is 3.64. The SMILES string of the molecule is COc1ccc(-c2ccc(C(=O)O)cc2C)cc1C(C)C. The lowest BCUT2D eigenvalue weighted by Gasteiger charge is -2.15. The number of carboxylic acid groups (broad SMARTS) is 1. The smallest absolute Gasteiger partial charge is 0.335 e. The van der Waals surface area contributed by atoms with E-state index in [1.165, 1.54) is 0 Å². The van der Waals surface area contributed by atoms with Crippen LogP contribution < -0.4 is 4.74 Å². The summed E-state index contributed by atoms with van der Waals surface area (Å²) in [6.45, 7) is 6.19. The van der Waals surface area contributed by atoms with Gasteiger partial charge < -0.3 is 9.84 Å². The van der Waals surface area contributed by atoms with Gasteiger partial charge in [-0.1, -0.05) is 26.0 Å². The monoisotopic (exact) mass is 284 g/mol. The Hall–Kier alpha value is -2.29. The van der Waals surface area contributed by atoms with E-state index < -0.39 is 5.97 Å². The minimum Gasteiger partial charge on any atom is -0.496 e. The van der Waals surface area contributed by atoms with Gasteiger partial charge in [0.05, 0.1) is 12.7 Å². The van der Waals surface area contributed by atoms with E-state index >= 15 is 0 Å². The largest absolute Gasteiger partial charge is 0.496 e. The number of methoxy groups -OCH3 is 1. The van der Waals surface area contributed by atoms with Gasteiger partial charge in [0.15, 0.2) is 0 Å². The molecule has 110 valence electrons. The number of hydrogen-bond donors (Lipinski definition) is 1. The van der Waals surface area contributed by atoms with Gasteiger partial charge in [-0.15, -0.1) is 0 Å². The van der Waals surface area contributed by atoms with Gasteiger partial charge in [-0.05, 0) is 59.4 Å². The van der Waals surface area contributed by atoms with E-state index in [1.807, 2.05) is 25.1 Å². The Balaban J connectivity index is 2.52. The van der Waals surface area contributed by atoms with Crippen molar-refractivity contribution in [2.24, 2.45) is 0 Å². The van der Waals surface area contributed by atoms with Crippen LogP contribution in [0.4, 0.5) is 0 Å². The summed E-state index contributed by atoms with van der Waals surface area (Å²) in [4.78, 5) is 11.0. The number of benzene rings is 2. The summed E-state index contributed by atoms with van der Waals surface area (Å²) >= 11 is 0. The topological polar surface area (TPSA) is 46.5 Å². The van der Waals surface area contributed by atoms with Gasteiger partial charge in [0.1, 0.15) is 5.75 Å². The van der Waals surface area contributed by atoms with Gasteiger partial charge in [-0.3, -0.25) is 0 Å². The molecule has 2 aromatic carbocycles. The van der Waals surface area contributed by atoms with Crippen molar-refractivity contribution in [3.8, 4) is 16.9 Å². The van der Waals surface area contributed by atoms with Crippen LogP contribution in [0.3, 0.4) is 0 Å². The molecule has 0 aliphatic heterocycles. The highest BCUT2D eigenvalue weighted by molar-refractivity contribution is 5.89. The summed E-state index contributed by atoms with van der Waals surface area (Å²) in [6.07, 6.45) is 0. The maximum Gasteiger partial charge on any atom is 0.335 e. The first kappa shape index (κ1) is 15.1. The van der Waals surface area contributed by atoms with Crippen LogP contribution in [0.15, 0.2) is 36.4 Å². The first-order valence-corrected chi connectivity index (χ1v) is 6.96. The van der Waals surface area contributed by atoms with Crippen LogP contribution in [0, 0.1) is 6.92 Å². The Labute approximate surface area is 125 Å². The molecule has 0 atom stereocenters. The molecule has 0 saturated carbocycles. The second kappa shape index (κ2) is 6.00. The van der Waals surface area contributed by atoms with Crippen LogP contribution >= 0.6 is 0 Å². The molecule has 0 radical (unpaired) electrons. The Morgan fingerprint density at radius 2 is 1.86 bits per heavy atom. The molecule has 2 aromatic rings. The fourth-order valence-electron chi connectivity index (χ4n) is 2.47. The van der Waals surface area contributed by atoms with Crippen LogP contribution in [-0.2, 0) is 0 Å². The molecule has 1 N–H and O–H groups in total. The zero-order valence-electron chi connectivity index (χ0n) is 12.8. The Morgan fingerprint density at radius 3 is 2.38 bits per heavy atom. The molecule has 0 amide bonds. The van der Waals surface area contributed by atoms with E-state index in [9.17, 15) is 4.79 Å². The van der Waals surface area contributed by atoms with E-state index in [0.717, 1.165) is 28.0 Å². The third-order valence-corrected chi connectivity index (χ3v) is 3.64. The highest BCUT2D eigenvalue weighted by Crippen LogP contribution is 2.33. The molecule has 0 fully saturated rings. The van der Waals surface area contributed by atoms with Gasteiger partial charge in [-0.25, -0.2) is 4.79 Å². The zero-order valence-corrected chi connectivity index (χ0v) is 12.8. The number of carbonyl (C=O) groups is 1. The average molecular weight is 284 g/mol. The number of carboxylic acids is 1. The second-order valence-corrected chi connectivity index (χ2v) is 5.45. The van der Waals surface area contributed by atoms with Gasteiger partial charge in [0, 0.05) is 0 Å². The number of rotatable bonds is 4. The number of aromatic carboxylic acids is 1. The van der Waals surface area contributed by atoms with Crippen LogP contribution in [0.1, 0.15) is 41.3 Å². The van der Waals surface area contributed by atoms with Crippen molar-refractivity contribution in [1.82, 2.24) is 0 Å². The maximum absolute atomic E-state index is 11.0. The summed E-state index contributed by atoms with van der Waals surface area (Å²) in [5, 5.41) is 9.04. The molecule has 0 unspecified atom stereocenters. The Morgan fingerprint density at radius 1 is 1.14 bits per heavy atom. The van der Waals surface area contributed by atoms with Crippen molar-refractivity contribution in [2.45, 2.75) is 26.7 Å². The molecule has 0 bridgehead atoms. The van der Waals surface area contributed by atoms with Gasteiger partial charge in [0.2, 0.25) is 0 Å². The minimum atomic E-state index is -0.901. The zero-order chi connectivity index (χ0) is 15.6. The molecule has 0 aliphatic carbocycles. The van der Waals surface area contributed by atoms with E-state index in [4.69, 9.17) is 9.84 Å². The van der Waals surface area contributed by atoms with Crippen LogP contribution in [0.25, 0.3) is 11.1 Å². The lowest BCUT2D eigenvalue weighted by atomic mass is 9.93. The van der Waals surface area contributed by atoms with E-state index in [1.54, 1.807) is 19.2 Å². The molecule has 3 heteroatoms. The predicted molar refractivity (Wildman–Crippen MR) is 84.2 cm³/mol. The summed E-state index contributed by atoms with van der Waals surface area (Å²) in [5.41, 5.74) is 4.54. The molecule has 0 saturated heterocycles. The highest BCUT2D eigenvalue weighted by atomic mass is 16.5. The summed E-state index contributed by atoms with van der Waals surface area (Å²) in [6, 6.07) is 11.3. The highest BCUT2D eigenvalue weighted by Gasteiger charge is 2.12. The first-order valence-electron chi connectivity index (χ1n) is 6.96. The molecule has 0 spiro atoms. The van der Waals surface area contributed by atoms with Gasteiger partial charge in [-0.2, -0.15) is 0 Å². The fraction of sp³-hybridized carbons (Fsp3) is 0.278. The van der Waals surface area contributed by atoms with Crippen LogP contribution in [0.5, 0.6) is 5.75 Å². The molecule has 0 heterocycles. The van der Waals surface area contributed by atoms with Gasteiger partial charge in [0.25, 0.3) is 0 Å². The average Bonchev–Trinajstić information content (AvgIpc) is 2.46. The van der Waals surface area contributed by atoms with Crippen molar-refractivity contribution in [3.05, 3.63) is 53.1 Å². The molecular weight excluding hydrogens is 264 g/mol. The maximum atomic E-state index is 11.0. The van der Waals surface area contributed by atoms with Crippen molar-refractivity contribution in [1.29, 1.82) is 0 Å². The molecule has 0 aromatic heterocycles. The molecular formula is C18H20O3. The molecule has 0 aliphatic rings. The number of ether oxygens (including phenoxy) is 1. The minimum absolute atomic E-state index is 0.314. The Kier molecular flexibility index (Phi) is 4.32. The fourth-order valence-corrected chi connectivity index (χ4v) is 2.47. The quantitative estimate of drug-likeness (QED) is 0.899. The van der Waals surface area contributed by atoms with Crippen LogP contribution in [0.2, 0.25) is 0 Å². The number of hydrogen-bond acceptors (Lipinski definition) is 2.